The molecule has 0 unspecified atom stereocenters. The van der Waals surface area contributed by atoms with Gasteiger partial charge in [-0.2, -0.15) is 5.10 Å². The molecule has 84 valence electrons. The smallest absolute Gasteiger partial charge is 0.195 e. The highest BCUT2D eigenvalue weighted by atomic mass is 35.5. The summed E-state index contributed by atoms with van der Waals surface area (Å²) in [5.74, 6) is 0.643. The fraction of sp³-hybridized carbons (Fsp3) is 0.200. The Morgan fingerprint density at radius 2 is 2.19 bits per heavy atom. The van der Waals surface area contributed by atoms with Crippen molar-refractivity contribution < 1.29 is 5.11 Å². The van der Waals surface area contributed by atoms with Crippen LogP contribution in [-0.4, -0.2) is 26.5 Å². The highest BCUT2D eigenvalue weighted by Gasteiger charge is 2.10. The number of rotatable bonds is 3. The molecule has 1 aromatic carbocycles. The number of nitrogens with one attached hydrogen (secondary N) is 1. The molecule has 0 aliphatic rings. The second-order valence-electron chi connectivity index (χ2n) is 3.21. The van der Waals surface area contributed by atoms with Gasteiger partial charge in [-0.1, -0.05) is 23.7 Å². The number of aromatic amines is 1. The number of nitrogens with zero attached hydrogens (tertiary/aromatic N) is 2. The molecule has 2 N–H and O–H groups in total. The maximum atomic E-state index is 8.96. The molecule has 16 heavy (non-hydrogen) atoms. The molecular formula is C10H10ClN3OS. The third-order valence-corrected chi connectivity index (χ3v) is 2.84. The van der Waals surface area contributed by atoms with Gasteiger partial charge in [0.2, 0.25) is 0 Å². The zero-order valence-electron chi connectivity index (χ0n) is 8.35. The fourth-order valence-corrected chi connectivity index (χ4v) is 1.92. The number of aromatic nitrogens is 3. The number of benzene rings is 1. The van der Waals surface area contributed by atoms with Crippen molar-refractivity contribution >= 4 is 23.8 Å². The van der Waals surface area contributed by atoms with E-state index < -0.39 is 0 Å². The van der Waals surface area contributed by atoms with Crippen LogP contribution in [0.2, 0.25) is 5.02 Å². The van der Waals surface area contributed by atoms with Crippen LogP contribution in [0.15, 0.2) is 24.3 Å². The van der Waals surface area contributed by atoms with E-state index in [1.54, 1.807) is 10.6 Å². The van der Waals surface area contributed by atoms with Crippen molar-refractivity contribution in [1.82, 2.24) is 14.8 Å². The molecule has 0 spiro atoms. The first-order chi connectivity index (χ1) is 7.74. The van der Waals surface area contributed by atoms with Crippen molar-refractivity contribution in [3.8, 4) is 11.4 Å². The van der Waals surface area contributed by atoms with E-state index in [4.69, 9.17) is 28.9 Å². The second kappa shape index (κ2) is 4.78. The van der Waals surface area contributed by atoms with Crippen molar-refractivity contribution in [1.29, 1.82) is 0 Å². The molecule has 0 saturated carbocycles. The maximum absolute atomic E-state index is 8.96. The lowest BCUT2D eigenvalue weighted by Gasteiger charge is -2.05. The Labute approximate surface area is 103 Å². The summed E-state index contributed by atoms with van der Waals surface area (Å²) in [6.07, 6.45) is 0. The highest BCUT2D eigenvalue weighted by Crippen LogP contribution is 2.25. The predicted octanol–water partition coefficient (Wildman–Crippen LogP) is 2.25. The van der Waals surface area contributed by atoms with Crippen LogP contribution in [0.5, 0.6) is 0 Å². The largest absolute Gasteiger partial charge is 0.395 e. The van der Waals surface area contributed by atoms with Crippen molar-refractivity contribution in [2.24, 2.45) is 0 Å². The highest BCUT2D eigenvalue weighted by molar-refractivity contribution is 7.71. The quantitative estimate of drug-likeness (QED) is 0.828. The lowest BCUT2D eigenvalue weighted by Crippen LogP contribution is -2.04. The zero-order chi connectivity index (χ0) is 11.5. The Morgan fingerprint density at radius 1 is 1.44 bits per heavy atom. The summed E-state index contributed by atoms with van der Waals surface area (Å²) >= 11 is 11.1. The van der Waals surface area contributed by atoms with Crippen LogP contribution in [0.4, 0.5) is 0 Å². The maximum Gasteiger partial charge on any atom is 0.195 e. The first-order valence-electron chi connectivity index (χ1n) is 4.75. The summed E-state index contributed by atoms with van der Waals surface area (Å²) in [6, 6.07) is 7.38. The van der Waals surface area contributed by atoms with Gasteiger partial charge in [-0.25, -0.2) is 0 Å². The van der Waals surface area contributed by atoms with Gasteiger partial charge in [-0.15, -0.1) is 0 Å². The van der Waals surface area contributed by atoms with Gasteiger partial charge in [-0.3, -0.25) is 9.67 Å². The minimum Gasteiger partial charge on any atom is -0.395 e. The van der Waals surface area contributed by atoms with E-state index in [1.807, 2.05) is 18.2 Å². The fourth-order valence-electron chi connectivity index (χ4n) is 1.47. The van der Waals surface area contributed by atoms with Crippen LogP contribution in [-0.2, 0) is 6.54 Å². The van der Waals surface area contributed by atoms with Crippen LogP contribution < -0.4 is 0 Å². The molecule has 1 aromatic heterocycles. The van der Waals surface area contributed by atoms with E-state index in [2.05, 4.69) is 10.2 Å². The molecule has 0 aliphatic carbocycles. The number of hydrogen-bond donors (Lipinski definition) is 2. The van der Waals surface area contributed by atoms with E-state index in [-0.39, 0.29) is 6.61 Å². The van der Waals surface area contributed by atoms with Crippen molar-refractivity contribution in [2.75, 3.05) is 6.61 Å². The first kappa shape index (κ1) is 11.3. The van der Waals surface area contributed by atoms with Crippen molar-refractivity contribution in [2.45, 2.75) is 6.54 Å². The second-order valence-corrected chi connectivity index (χ2v) is 4.00. The van der Waals surface area contributed by atoms with E-state index in [1.165, 1.54) is 0 Å². The van der Waals surface area contributed by atoms with Crippen LogP contribution in [0, 0.1) is 4.77 Å². The van der Waals surface area contributed by atoms with Crippen LogP contribution >= 0.6 is 23.8 Å². The lowest BCUT2D eigenvalue weighted by atomic mass is 10.2. The summed E-state index contributed by atoms with van der Waals surface area (Å²) in [4.78, 5) is 0. The van der Waals surface area contributed by atoms with Gasteiger partial charge < -0.3 is 5.11 Å². The number of aliphatic hydroxyl groups excluding tert-OH is 1. The molecule has 1 heterocycles. The van der Waals surface area contributed by atoms with Crippen LogP contribution in [0.3, 0.4) is 0 Å². The summed E-state index contributed by atoms with van der Waals surface area (Å²) in [7, 11) is 0. The molecule has 0 bridgehead atoms. The Bertz CT molecular complexity index is 549. The average Bonchev–Trinajstić information content (AvgIpc) is 2.62. The number of H-pyrrole nitrogens is 1. The van der Waals surface area contributed by atoms with E-state index in [9.17, 15) is 0 Å². The van der Waals surface area contributed by atoms with E-state index in [0.717, 1.165) is 5.56 Å². The number of halogens is 1. The molecule has 6 heteroatoms. The lowest BCUT2D eigenvalue weighted by molar-refractivity contribution is 0.276. The van der Waals surface area contributed by atoms with Gasteiger partial charge in [0, 0.05) is 5.56 Å². The molecule has 0 saturated heterocycles. The Morgan fingerprint density at radius 3 is 2.88 bits per heavy atom. The van der Waals surface area contributed by atoms with Gasteiger partial charge in [0.1, 0.15) is 0 Å². The normalized spacial score (nSPS) is 10.6. The summed E-state index contributed by atoms with van der Waals surface area (Å²) in [6.45, 7) is 0.404. The number of hydrogen-bond acceptors (Lipinski definition) is 3. The minimum absolute atomic E-state index is 0.00525. The monoisotopic (exact) mass is 255 g/mol. The molecule has 0 fully saturated rings. The van der Waals surface area contributed by atoms with Gasteiger partial charge in [-0.05, 0) is 24.4 Å². The topological polar surface area (TPSA) is 53.8 Å². The van der Waals surface area contributed by atoms with Gasteiger partial charge in [0.25, 0.3) is 0 Å². The van der Waals surface area contributed by atoms with E-state index >= 15 is 0 Å². The first-order valence-corrected chi connectivity index (χ1v) is 5.53. The Kier molecular flexibility index (Phi) is 3.38. The van der Waals surface area contributed by atoms with Crippen molar-refractivity contribution in [3.63, 3.8) is 0 Å². The van der Waals surface area contributed by atoms with Crippen LogP contribution in [0.25, 0.3) is 11.4 Å². The third kappa shape index (κ3) is 2.02. The molecule has 0 atom stereocenters. The zero-order valence-corrected chi connectivity index (χ0v) is 9.92. The molecule has 2 aromatic rings. The van der Waals surface area contributed by atoms with Crippen molar-refractivity contribution in [3.05, 3.63) is 34.1 Å². The van der Waals surface area contributed by atoms with Gasteiger partial charge >= 0.3 is 0 Å². The third-order valence-electron chi connectivity index (χ3n) is 2.20. The minimum atomic E-state index is 0.00525. The Hall–Kier alpha value is -1.17. The van der Waals surface area contributed by atoms with Gasteiger partial charge in [0.15, 0.2) is 10.6 Å². The summed E-state index contributed by atoms with van der Waals surface area (Å²) < 4.78 is 2.19. The molecule has 4 nitrogen and oxygen atoms in total. The molecule has 2 rings (SSSR count). The summed E-state index contributed by atoms with van der Waals surface area (Å²) in [5.41, 5.74) is 0.796. The molecular weight excluding hydrogens is 246 g/mol. The number of aliphatic hydroxyl groups is 1. The Balaban J connectivity index is 2.56. The SMILES string of the molecule is OCCn1c(-c2ccccc2Cl)n[nH]c1=S. The summed E-state index contributed by atoms with van der Waals surface area (Å²) in [5, 5.41) is 16.4. The van der Waals surface area contributed by atoms with Gasteiger partial charge in [0.05, 0.1) is 18.2 Å². The van der Waals surface area contributed by atoms with E-state index in [0.29, 0.717) is 22.2 Å². The molecule has 0 radical (unpaired) electrons. The molecule has 0 aliphatic heterocycles. The molecule has 0 amide bonds. The predicted molar refractivity (Wildman–Crippen MR) is 64.9 cm³/mol. The average molecular weight is 256 g/mol. The van der Waals surface area contributed by atoms with Crippen LogP contribution in [0.1, 0.15) is 0 Å². The standard InChI is InChI=1S/C10H10ClN3OS/c11-8-4-2-1-3-7(8)9-12-13-10(16)14(9)5-6-15/h1-4,15H,5-6H2,(H,13,16).